The van der Waals surface area contributed by atoms with Crippen LogP contribution >= 0.6 is 11.8 Å². The van der Waals surface area contributed by atoms with Crippen LogP contribution in [-0.2, 0) is 11.3 Å². The van der Waals surface area contributed by atoms with Crippen molar-refractivity contribution in [3.63, 3.8) is 0 Å². The van der Waals surface area contributed by atoms with Gasteiger partial charge in [0.1, 0.15) is 11.1 Å². The molecule has 2 aromatic rings. The maximum Gasteiger partial charge on any atom is 0.251 e. The minimum atomic E-state index is -0.0532. The Kier molecular flexibility index (Phi) is 5.81. The lowest BCUT2D eigenvalue weighted by Gasteiger charge is -2.23. The molecule has 1 saturated heterocycles. The SMILES string of the molecule is CCCCNC(=O)c1ccc([C@@H]2SCC(=O)N2Cc2ccco2)cc1. The van der Waals surface area contributed by atoms with Gasteiger partial charge in [-0.15, -0.1) is 11.8 Å². The summed E-state index contributed by atoms with van der Waals surface area (Å²) in [6.45, 7) is 3.25. The maximum absolute atomic E-state index is 12.2. The predicted molar refractivity (Wildman–Crippen MR) is 98.1 cm³/mol. The Hall–Kier alpha value is -2.21. The van der Waals surface area contributed by atoms with Crippen LogP contribution in [0.15, 0.2) is 47.1 Å². The number of furan rings is 1. The average molecular weight is 358 g/mol. The first-order valence-electron chi connectivity index (χ1n) is 8.50. The monoisotopic (exact) mass is 358 g/mol. The zero-order chi connectivity index (χ0) is 17.6. The van der Waals surface area contributed by atoms with Gasteiger partial charge in [0.2, 0.25) is 5.91 Å². The summed E-state index contributed by atoms with van der Waals surface area (Å²) in [7, 11) is 0. The Morgan fingerprint density at radius 3 is 2.80 bits per heavy atom. The van der Waals surface area contributed by atoms with Crippen LogP contribution in [0.3, 0.4) is 0 Å². The molecule has 1 fully saturated rings. The van der Waals surface area contributed by atoms with Gasteiger partial charge in [-0.25, -0.2) is 0 Å². The van der Waals surface area contributed by atoms with E-state index in [1.54, 1.807) is 18.0 Å². The average Bonchev–Trinajstić information content (AvgIpc) is 3.26. The Labute approximate surface area is 151 Å². The molecule has 132 valence electrons. The highest BCUT2D eigenvalue weighted by molar-refractivity contribution is 8.00. The van der Waals surface area contributed by atoms with E-state index in [9.17, 15) is 9.59 Å². The zero-order valence-electron chi connectivity index (χ0n) is 14.2. The van der Waals surface area contributed by atoms with E-state index in [-0.39, 0.29) is 17.2 Å². The molecule has 1 aromatic carbocycles. The van der Waals surface area contributed by atoms with Crippen LogP contribution < -0.4 is 5.32 Å². The number of amides is 2. The van der Waals surface area contributed by atoms with Crippen molar-refractivity contribution in [3.8, 4) is 0 Å². The van der Waals surface area contributed by atoms with Crippen molar-refractivity contribution in [2.75, 3.05) is 12.3 Å². The summed E-state index contributed by atoms with van der Waals surface area (Å²) in [5.74, 6) is 1.29. The zero-order valence-corrected chi connectivity index (χ0v) is 15.1. The van der Waals surface area contributed by atoms with Crippen LogP contribution in [-0.4, -0.2) is 29.0 Å². The van der Waals surface area contributed by atoms with Gasteiger partial charge in [0, 0.05) is 12.1 Å². The Morgan fingerprint density at radius 2 is 2.12 bits per heavy atom. The van der Waals surface area contributed by atoms with Gasteiger partial charge in [-0.05, 0) is 36.2 Å². The van der Waals surface area contributed by atoms with Crippen LogP contribution in [0.5, 0.6) is 0 Å². The van der Waals surface area contributed by atoms with E-state index in [2.05, 4.69) is 12.2 Å². The van der Waals surface area contributed by atoms with Crippen LogP contribution in [0.4, 0.5) is 0 Å². The molecular formula is C19H22N2O3S. The minimum absolute atomic E-state index is 0.0465. The lowest BCUT2D eigenvalue weighted by atomic mass is 10.1. The number of hydrogen-bond acceptors (Lipinski definition) is 4. The molecule has 2 heterocycles. The lowest BCUT2D eigenvalue weighted by Crippen LogP contribution is -2.27. The number of nitrogens with zero attached hydrogens (tertiary/aromatic N) is 1. The summed E-state index contributed by atoms with van der Waals surface area (Å²) in [6, 6.07) is 11.2. The molecule has 0 radical (unpaired) electrons. The minimum Gasteiger partial charge on any atom is -0.467 e. The number of rotatable bonds is 7. The van der Waals surface area contributed by atoms with Crippen LogP contribution in [0.1, 0.15) is 46.8 Å². The fraction of sp³-hybridized carbons (Fsp3) is 0.368. The molecular weight excluding hydrogens is 336 g/mol. The smallest absolute Gasteiger partial charge is 0.251 e. The molecule has 2 amide bonds. The third-order valence-electron chi connectivity index (χ3n) is 4.15. The Morgan fingerprint density at radius 1 is 1.32 bits per heavy atom. The number of thioether (sulfide) groups is 1. The summed E-state index contributed by atoms with van der Waals surface area (Å²) in [4.78, 5) is 26.1. The van der Waals surface area contributed by atoms with Gasteiger partial charge >= 0.3 is 0 Å². The highest BCUT2D eigenvalue weighted by Gasteiger charge is 2.33. The second-order valence-corrected chi connectivity index (χ2v) is 7.06. The molecule has 0 spiro atoms. The largest absolute Gasteiger partial charge is 0.467 e. The van der Waals surface area contributed by atoms with Crippen molar-refractivity contribution in [1.29, 1.82) is 0 Å². The highest BCUT2D eigenvalue weighted by Crippen LogP contribution is 2.39. The van der Waals surface area contributed by atoms with Gasteiger partial charge in [-0.1, -0.05) is 25.5 Å². The Bertz CT molecular complexity index is 713. The molecule has 1 N–H and O–H groups in total. The number of nitrogens with one attached hydrogen (secondary N) is 1. The molecule has 0 aliphatic carbocycles. The van der Waals surface area contributed by atoms with E-state index >= 15 is 0 Å². The number of benzene rings is 1. The van der Waals surface area contributed by atoms with Crippen LogP contribution in [0.2, 0.25) is 0 Å². The summed E-state index contributed by atoms with van der Waals surface area (Å²) < 4.78 is 5.37. The number of carbonyl (C=O) groups excluding carboxylic acids is 2. The van der Waals surface area contributed by atoms with E-state index in [0.29, 0.717) is 24.4 Å². The number of carbonyl (C=O) groups is 2. The molecule has 5 nitrogen and oxygen atoms in total. The quantitative estimate of drug-likeness (QED) is 0.769. The van der Waals surface area contributed by atoms with E-state index in [1.165, 1.54) is 0 Å². The molecule has 25 heavy (non-hydrogen) atoms. The molecule has 1 aromatic heterocycles. The van der Waals surface area contributed by atoms with Gasteiger partial charge in [0.25, 0.3) is 5.91 Å². The first-order valence-corrected chi connectivity index (χ1v) is 9.55. The van der Waals surface area contributed by atoms with E-state index in [0.717, 1.165) is 24.2 Å². The van der Waals surface area contributed by atoms with Crippen molar-refractivity contribution in [1.82, 2.24) is 10.2 Å². The van der Waals surface area contributed by atoms with E-state index < -0.39 is 0 Å². The van der Waals surface area contributed by atoms with Gasteiger partial charge in [-0.3, -0.25) is 9.59 Å². The number of hydrogen-bond donors (Lipinski definition) is 1. The van der Waals surface area contributed by atoms with Gasteiger partial charge in [0.15, 0.2) is 0 Å². The van der Waals surface area contributed by atoms with E-state index in [1.807, 2.05) is 41.3 Å². The lowest BCUT2D eigenvalue weighted by molar-refractivity contribution is -0.128. The topological polar surface area (TPSA) is 62.6 Å². The summed E-state index contributed by atoms with van der Waals surface area (Å²) >= 11 is 1.60. The molecule has 0 saturated carbocycles. The first kappa shape index (κ1) is 17.6. The third-order valence-corrected chi connectivity index (χ3v) is 5.40. The van der Waals surface area contributed by atoms with Gasteiger partial charge < -0.3 is 14.6 Å². The van der Waals surface area contributed by atoms with Crippen LogP contribution in [0.25, 0.3) is 0 Å². The maximum atomic E-state index is 12.2. The molecule has 3 rings (SSSR count). The summed E-state index contributed by atoms with van der Waals surface area (Å²) in [6.07, 6.45) is 3.65. The van der Waals surface area contributed by atoms with Crippen LogP contribution in [0, 0.1) is 0 Å². The molecule has 1 aliphatic rings. The Balaban J connectivity index is 1.68. The molecule has 0 bridgehead atoms. The molecule has 1 aliphatic heterocycles. The predicted octanol–water partition coefficient (Wildman–Crippen LogP) is 3.58. The van der Waals surface area contributed by atoms with Crippen molar-refractivity contribution in [3.05, 3.63) is 59.5 Å². The number of unbranched alkanes of at least 4 members (excludes halogenated alkanes) is 1. The second-order valence-electron chi connectivity index (χ2n) is 6.00. The standard InChI is InChI=1S/C19H22N2O3S/c1-2-3-10-20-18(23)14-6-8-15(9-7-14)19-21(17(22)13-25-19)12-16-5-4-11-24-16/h4-9,11,19H,2-3,10,12-13H2,1H3,(H,20,23)/t19-/m0/s1. The summed E-state index contributed by atoms with van der Waals surface area (Å²) in [5, 5.41) is 2.87. The fourth-order valence-electron chi connectivity index (χ4n) is 2.75. The molecule has 1 atom stereocenters. The highest BCUT2D eigenvalue weighted by atomic mass is 32.2. The van der Waals surface area contributed by atoms with Crippen molar-refractivity contribution in [2.24, 2.45) is 0 Å². The molecule has 0 unspecified atom stereocenters. The molecule has 6 heteroatoms. The first-order chi connectivity index (χ1) is 12.2. The third kappa shape index (κ3) is 4.25. The van der Waals surface area contributed by atoms with Gasteiger partial charge in [0.05, 0.1) is 18.6 Å². The summed E-state index contributed by atoms with van der Waals surface area (Å²) in [5.41, 5.74) is 1.67. The van der Waals surface area contributed by atoms with E-state index in [4.69, 9.17) is 4.42 Å². The van der Waals surface area contributed by atoms with Crippen molar-refractivity contribution < 1.29 is 14.0 Å². The van der Waals surface area contributed by atoms with Gasteiger partial charge in [-0.2, -0.15) is 0 Å². The fourth-order valence-corrected chi connectivity index (χ4v) is 3.94. The van der Waals surface area contributed by atoms with Crippen molar-refractivity contribution >= 4 is 23.6 Å². The second kappa shape index (κ2) is 8.25. The van der Waals surface area contributed by atoms with Crippen molar-refractivity contribution in [2.45, 2.75) is 31.7 Å². The normalized spacial score (nSPS) is 17.1.